The largest absolute Gasteiger partial charge is 0.393 e. The van der Waals surface area contributed by atoms with Crippen molar-refractivity contribution in [1.29, 1.82) is 0 Å². The molecule has 0 saturated carbocycles. The first-order valence-electron chi connectivity index (χ1n) is 17.9. The highest BCUT2D eigenvalue weighted by Gasteiger charge is 2.15. The molecule has 0 bridgehead atoms. The molecule has 4 N–H and O–H groups in total. The van der Waals surface area contributed by atoms with Crippen LogP contribution in [-0.4, -0.2) is 68.0 Å². The van der Waals surface area contributed by atoms with Gasteiger partial charge in [0.15, 0.2) is 0 Å². The van der Waals surface area contributed by atoms with Crippen molar-refractivity contribution in [3.63, 3.8) is 0 Å². The van der Waals surface area contributed by atoms with Crippen LogP contribution in [0.25, 0.3) is 0 Å². The molecule has 0 saturated heterocycles. The van der Waals surface area contributed by atoms with E-state index in [1.807, 2.05) is 0 Å². The number of ketones is 4. The van der Waals surface area contributed by atoms with Crippen LogP contribution in [0.5, 0.6) is 0 Å². The summed E-state index contributed by atoms with van der Waals surface area (Å²) in [6, 6.07) is 0. The number of Topliss-reactive ketones (excluding diaryl/α,β-unsaturated/α-hetero) is 4. The van der Waals surface area contributed by atoms with Crippen LogP contribution < -0.4 is 0 Å². The number of rotatable bonds is 33. The van der Waals surface area contributed by atoms with E-state index in [-0.39, 0.29) is 48.8 Å². The van der Waals surface area contributed by atoms with E-state index in [9.17, 15) is 39.6 Å². The van der Waals surface area contributed by atoms with Gasteiger partial charge in [0.25, 0.3) is 0 Å². The van der Waals surface area contributed by atoms with Gasteiger partial charge in [-0.1, -0.05) is 78.1 Å². The number of hydrogen-bond donors (Lipinski definition) is 4. The van der Waals surface area contributed by atoms with Gasteiger partial charge in [-0.2, -0.15) is 0 Å². The lowest BCUT2D eigenvalue weighted by Crippen LogP contribution is -2.15. The third-order valence-electron chi connectivity index (χ3n) is 8.28. The van der Waals surface area contributed by atoms with Crippen molar-refractivity contribution >= 4 is 23.1 Å². The molecular formula is C36H66O8. The van der Waals surface area contributed by atoms with Crippen molar-refractivity contribution in [3.05, 3.63) is 0 Å². The zero-order valence-electron chi connectivity index (χ0n) is 28.1. The Morgan fingerprint density at radius 1 is 0.364 bits per heavy atom. The molecule has 258 valence electrons. The van der Waals surface area contributed by atoms with Crippen LogP contribution >= 0.6 is 0 Å². The maximum atomic E-state index is 12.2. The number of aliphatic hydroxyl groups excluding tert-OH is 4. The van der Waals surface area contributed by atoms with E-state index in [0.717, 1.165) is 77.0 Å². The Morgan fingerprint density at radius 3 is 0.841 bits per heavy atom. The molecule has 0 amide bonds. The normalized spacial score (nSPS) is 14.2. The van der Waals surface area contributed by atoms with E-state index in [1.165, 1.54) is 0 Å². The van der Waals surface area contributed by atoms with Crippen molar-refractivity contribution in [2.75, 3.05) is 0 Å². The van der Waals surface area contributed by atoms with E-state index in [2.05, 4.69) is 13.8 Å². The fourth-order valence-electron chi connectivity index (χ4n) is 5.53. The molecule has 0 spiro atoms. The van der Waals surface area contributed by atoms with Gasteiger partial charge < -0.3 is 20.4 Å². The number of unbranched alkanes of at least 4 members (excludes halogenated alkanes) is 9. The predicted molar refractivity (Wildman–Crippen MR) is 175 cm³/mol. The van der Waals surface area contributed by atoms with Crippen molar-refractivity contribution in [1.82, 2.24) is 0 Å². The van der Waals surface area contributed by atoms with E-state index in [4.69, 9.17) is 0 Å². The fourth-order valence-corrected chi connectivity index (χ4v) is 5.53. The first-order valence-corrected chi connectivity index (χ1v) is 17.9. The van der Waals surface area contributed by atoms with Gasteiger partial charge in [0, 0.05) is 51.4 Å². The number of carbonyl (C=O) groups is 4. The molecule has 8 heteroatoms. The van der Waals surface area contributed by atoms with Gasteiger partial charge in [-0.25, -0.2) is 0 Å². The Balaban J connectivity index is 3.75. The molecule has 0 fully saturated rings. The van der Waals surface area contributed by atoms with Crippen molar-refractivity contribution in [3.8, 4) is 0 Å². The number of carbonyl (C=O) groups excluding carboxylic acids is 4. The van der Waals surface area contributed by atoms with Crippen molar-refractivity contribution < 1.29 is 39.6 Å². The molecule has 0 aromatic carbocycles. The summed E-state index contributed by atoms with van der Waals surface area (Å²) in [5.41, 5.74) is 0. The molecule has 0 rings (SSSR count). The average Bonchev–Trinajstić information content (AvgIpc) is 2.95. The second-order valence-corrected chi connectivity index (χ2v) is 13.0. The van der Waals surface area contributed by atoms with E-state index >= 15 is 0 Å². The minimum absolute atomic E-state index is 0.0123. The van der Waals surface area contributed by atoms with Crippen LogP contribution in [0.1, 0.15) is 181 Å². The summed E-state index contributed by atoms with van der Waals surface area (Å²) in [6.45, 7) is 4.21. The lowest BCUT2D eigenvalue weighted by Gasteiger charge is -2.11. The molecular weight excluding hydrogens is 560 g/mol. The third kappa shape index (κ3) is 28.0. The molecule has 0 aliphatic rings. The zero-order valence-corrected chi connectivity index (χ0v) is 28.1. The second-order valence-electron chi connectivity index (χ2n) is 13.0. The van der Waals surface area contributed by atoms with Gasteiger partial charge in [-0.3, -0.25) is 19.2 Å². The summed E-state index contributed by atoms with van der Waals surface area (Å²) in [4.78, 5) is 48.3. The Labute approximate surface area is 267 Å². The van der Waals surface area contributed by atoms with Crippen LogP contribution in [0.2, 0.25) is 0 Å². The molecule has 0 aromatic rings. The van der Waals surface area contributed by atoms with Crippen LogP contribution in [0, 0.1) is 0 Å². The van der Waals surface area contributed by atoms with Crippen LogP contribution in [0.4, 0.5) is 0 Å². The highest BCUT2D eigenvalue weighted by molar-refractivity contribution is 5.80. The smallest absolute Gasteiger partial charge is 0.135 e. The lowest BCUT2D eigenvalue weighted by atomic mass is 9.98. The van der Waals surface area contributed by atoms with Crippen LogP contribution in [-0.2, 0) is 19.2 Å². The molecule has 0 aliphatic heterocycles. The summed E-state index contributed by atoms with van der Waals surface area (Å²) < 4.78 is 0. The maximum absolute atomic E-state index is 12.2. The van der Waals surface area contributed by atoms with Crippen molar-refractivity contribution in [2.24, 2.45) is 0 Å². The monoisotopic (exact) mass is 626 g/mol. The fraction of sp³-hybridized carbons (Fsp3) is 0.889. The van der Waals surface area contributed by atoms with E-state index in [0.29, 0.717) is 64.2 Å². The minimum atomic E-state index is -0.685. The second kappa shape index (κ2) is 29.0. The molecule has 0 heterocycles. The molecule has 8 nitrogen and oxygen atoms in total. The average molecular weight is 627 g/mol. The Bertz CT molecular complexity index is 690. The first-order chi connectivity index (χ1) is 21.1. The SMILES string of the molecule is CCCCCC(O)CC(=O)CCCCCC(O)CC(=O)CCCCC(=O)CC(O)CCCCCC(=O)CC(O)CCCCC. The van der Waals surface area contributed by atoms with Crippen LogP contribution in [0.15, 0.2) is 0 Å². The molecule has 44 heavy (non-hydrogen) atoms. The Kier molecular flexibility index (Phi) is 28.0. The molecule has 4 atom stereocenters. The molecule has 0 aliphatic carbocycles. The number of hydrogen-bond acceptors (Lipinski definition) is 8. The predicted octanol–water partition coefficient (Wildman–Crippen LogP) is 6.89. The van der Waals surface area contributed by atoms with Gasteiger partial charge >= 0.3 is 0 Å². The van der Waals surface area contributed by atoms with Gasteiger partial charge in [0.05, 0.1) is 24.4 Å². The standard InChI is InChI=1S/C36H66O8/c1-3-5-9-17-29(37)25-31(39)19-11-7-13-21-33(41)27-35(43)23-15-16-24-36(44)28-34(42)22-14-8-12-20-32(40)26-30(38)18-10-6-4-2/h29-30,33-34,37-38,41-42H,3-28H2,1-2H3. The van der Waals surface area contributed by atoms with Gasteiger partial charge in [-0.15, -0.1) is 0 Å². The summed E-state index contributed by atoms with van der Waals surface area (Å²) in [6.07, 6.45) is 14.2. The Hall–Kier alpha value is -1.48. The van der Waals surface area contributed by atoms with E-state index in [1.54, 1.807) is 0 Å². The molecule has 0 radical (unpaired) electrons. The third-order valence-corrected chi connectivity index (χ3v) is 8.28. The van der Waals surface area contributed by atoms with Gasteiger partial charge in [0.1, 0.15) is 23.1 Å². The molecule has 0 aromatic heterocycles. The topological polar surface area (TPSA) is 149 Å². The summed E-state index contributed by atoms with van der Waals surface area (Å²) in [5, 5.41) is 40.2. The number of aliphatic hydroxyl groups is 4. The Morgan fingerprint density at radius 2 is 0.591 bits per heavy atom. The van der Waals surface area contributed by atoms with Gasteiger partial charge in [0.2, 0.25) is 0 Å². The summed E-state index contributed by atoms with van der Waals surface area (Å²) in [5.74, 6) is 0.149. The van der Waals surface area contributed by atoms with Gasteiger partial charge in [-0.05, 0) is 51.4 Å². The zero-order chi connectivity index (χ0) is 33.0. The van der Waals surface area contributed by atoms with Crippen LogP contribution in [0.3, 0.4) is 0 Å². The van der Waals surface area contributed by atoms with E-state index < -0.39 is 24.4 Å². The summed E-state index contributed by atoms with van der Waals surface area (Å²) in [7, 11) is 0. The quantitative estimate of drug-likeness (QED) is 0.0576. The summed E-state index contributed by atoms with van der Waals surface area (Å²) >= 11 is 0. The molecule has 4 unspecified atom stereocenters. The minimum Gasteiger partial charge on any atom is -0.393 e. The highest BCUT2D eigenvalue weighted by Crippen LogP contribution is 2.15. The maximum Gasteiger partial charge on any atom is 0.135 e. The highest BCUT2D eigenvalue weighted by atomic mass is 16.3. The van der Waals surface area contributed by atoms with Crippen molar-refractivity contribution in [2.45, 2.75) is 205 Å². The lowest BCUT2D eigenvalue weighted by molar-refractivity contribution is -0.123. The first kappa shape index (κ1) is 42.5.